The zero-order chi connectivity index (χ0) is 15.4. The third-order valence-electron chi connectivity index (χ3n) is 2.55. The summed E-state index contributed by atoms with van der Waals surface area (Å²) in [5.41, 5.74) is 6.96. The first-order chi connectivity index (χ1) is 9.97. The number of amides is 1. The molecule has 1 amide bonds. The van der Waals surface area contributed by atoms with E-state index in [1.165, 1.54) is 11.8 Å². The molecule has 0 radical (unpaired) electrons. The molecule has 2 aromatic rings. The van der Waals surface area contributed by atoms with Gasteiger partial charge in [-0.3, -0.25) is 4.79 Å². The Hall–Kier alpha value is -0.880. The molecule has 2 rings (SSSR count). The van der Waals surface area contributed by atoms with E-state index < -0.39 is 0 Å². The maximum Gasteiger partial charge on any atom is 0.234 e. The van der Waals surface area contributed by atoms with Crippen molar-refractivity contribution in [3.63, 3.8) is 0 Å². The van der Waals surface area contributed by atoms with Gasteiger partial charge in [0.15, 0.2) is 0 Å². The van der Waals surface area contributed by atoms with Gasteiger partial charge < -0.3 is 11.1 Å². The van der Waals surface area contributed by atoms with Crippen molar-refractivity contribution in [3.8, 4) is 0 Å². The minimum Gasteiger partial charge on any atom is -0.398 e. The molecule has 0 aliphatic heterocycles. The molecule has 0 spiro atoms. The van der Waals surface area contributed by atoms with Crippen LogP contribution in [0.15, 0.2) is 45.8 Å². The Kier molecular flexibility index (Phi) is 5.81. The van der Waals surface area contributed by atoms with Gasteiger partial charge in [0.25, 0.3) is 0 Å². The molecule has 3 N–H and O–H groups in total. The summed E-state index contributed by atoms with van der Waals surface area (Å²) in [6.07, 6.45) is 0. The van der Waals surface area contributed by atoms with Crippen LogP contribution >= 0.6 is 50.9 Å². The largest absolute Gasteiger partial charge is 0.398 e. The van der Waals surface area contributed by atoms with Gasteiger partial charge in [-0.2, -0.15) is 0 Å². The van der Waals surface area contributed by atoms with Crippen LogP contribution in [0.25, 0.3) is 0 Å². The summed E-state index contributed by atoms with van der Waals surface area (Å²) in [6.45, 7) is 0. The average molecular weight is 406 g/mol. The second-order valence-electron chi connectivity index (χ2n) is 4.12. The lowest BCUT2D eigenvalue weighted by Gasteiger charge is -2.09. The molecule has 21 heavy (non-hydrogen) atoms. The summed E-state index contributed by atoms with van der Waals surface area (Å²) in [5, 5.41) is 3.76. The molecule has 0 unspecified atom stereocenters. The number of benzene rings is 2. The van der Waals surface area contributed by atoms with Crippen molar-refractivity contribution in [2.75, 3.05) is 16.8 Å². The Morgan fingerprint density at radius 3 is 2.67 bits per heavy atom. The topological polar surface area (TPSA) is 55.1 Å². The minimum atomic E-state index is -0.177. The second-order valence-corrected chi connectivity index (χ2v) is 6.83. The maximum atomic E-state index is 12.0. The summed E-state index contributed by atoms with van der Waals surface area (Å²) in [5.74, 6) is 0.0175. The summed E-state index contributed by atoms with van der Waals surface area (Å²) < 4.78 is 0.851. The van der Waals surface area contributed by atoms with Crippen LogP contribution in [0.5, 0.6) is 0 Å². The fourth-order valence-electron chi connectivity index (χ4n) is 1.59. The summed E-state index contributed by atoms with van der Waals surface area (Å²) in [4.78, 5) is 12.7. The molecule has 0 aromatic heterocycles. The Balaban J connectivity index is 1.99. The van der Waals surface area contributed by atoms with E-state index in [1.54, 1.807) is 36.4 Å². The van der Waals surface area contributed by atoms with Crippen LogP contribution < -0.4 is 11.1 Å². The van der Waals surface area contributed by atoms with Gasteiger partial charge in [-0.05, 0) is 30.3 Å². The van der Waals surface area contributed by atoms with Crippen LogP contribution in [0.3, 0.4) is 0 Å². The Morgan fingerprint density at radius 1 is 1.24 bits per heavy atom. The molecule has 0 aliphatic rings. The van der Waals surface area contributed by atoms with Crippen LogP contribution in [0.2, 0.25) is 10.0 Å². The predicted octanol–water partition coefficient (Wildman–Crippen LogP) is 5.07. The van der Waals surface area contributed by atoms with Crippen molar-refractivity contribution >= 4 is 68.2 Å². The zero-order valence-corrected chi connectivity index (χ0v) is 14.6. The molecule has 2 aromatic carbocycles. The molecule has 0 saturated heterocycles. The Labute approximate surface area is 145 Å². The molecule has 3 nitrogen and oxygen atoms in total. The van der Waals surface area contributed by atoms with Gasteiger partial charge in [-0.1, -0.05) is 45.2 Å². The number of nitrogens with two attached hydrogens (primary N) is 1. The van der Waals surface area contributed by atoms with Gasteiger partial charge in [-0.15, -0.1) is 11.8 Å². The van der Waals surface area contributed by atoms with E-state index in [9.17, 15) is 4.79 Å². The maximum absolute atomic E-state index is 12.0. The first-order valence-electron chi connectivity index (χ1n) is 5.89. The van der Waals surface area contributed by atoms with Crippen molar-refractivity contribution in [1.29, 1.82) is 0 Å². The first kappa shape index (κ1) is 16.5. The molecule has 0 heterocycles. The highest BCUT2D eigenvalue weighted by atomic mass is 79.9. The molecule has 0 saturated carbocycles. The van der Waals surface area contributed by atoms with Gasteiger partial charge in [-0.25, -0.2) is 0 Å². The third kappa shape index (κ3) is 4.54. The van der Waals surface area contributed by atoms with Gasteiger partial charge in [0.1, 0.15) is 0 Å². The van der Waals surface area contributed by atoms with E-state index in [2.05, 4.69) is 21.2 Å². The second kappa shape index (κ2) is 7.40. The van der Waals surface area contributed by atoms with Crippen molar-refractivity contribution in [1.82, 2.24) is 0 Å². The smallest absolute Gasteiger partial charge is 0.234 e. The number of nitrogen functional groups attached to an aromatic ring is 1. The quantitative estimate of drug-likeness (QED) is 0.551. The molecule has 0 fully saturated rings. The summed E-state index contributed by atoms with van der Waals surface area (Å²) >= 11 is 16.7. The number of carbonyl (C=O) groups excluding carboxylic acids is 1. The number of hydrogen-bond donors (Lipinski definition) is 2. The van der Waals surface area contributed by atoms with E-state index >= 15 is 0 Å². The van der Waals surface area contributed by atoms with Crippen molar-refractivity contribution in [2.45, 2.75) is 4.90 Å². The van der Waals surface area contributed by atoms with E-state index in [1.807, 2.05) is 0 Å². The molecular weight excluding hydrogens is 395 g/mol. The number of nitrogens with one attached hydrogen (secondary N) is 1. The van der Waals surface area contributed by atoms with Gasteiger partial charge in [0.05, 0.1) is 21.5 Å². The van der Waals surface area contributed by atoms with Crippen molar-refractivity contribution in [2.24, 2.45) is 0 Å². The average Bonchev–Trinajstić information content (AvgIpc) is 2.41. The first-order valence-corrected chi connectivity index (χ1v) is 8.42. The normalized spacial score (nSPS) is 10.4. The fourth-order valence-corrected chi connectivity index (χ4v) is 3.45. The molecular formula is C14H11BrCl2N2OS. The number of rotatable bonds is 4. The lowest BCUT2D eigenvalue weighted by Crippen LogP contribution is -2.14. The molecule has 0 atom stereocenters. The van der Waals surface area contributed by atoms with E-state index in [-0.39, 0.29) is 11.7 Å². The predicted molar refractivity (Wildman–Crippen MR) is 94.4 cm³/mol. The van der Waals surface area contributed by atoms with Crippen LogP contribution in [-0.2, 0) is 4.79 Å². The SMILES string of the molecule is Nc1cccc(Cl)c1SCC(=O)Nc1ccc(Br)cc1Cl. The molecule has 0 bridgehead atoms. The van der Waals surface area contributed by atoms with E-state index in [0.29, 0.717) is 26.3 Å². The third-order valence-corrected chi connectivity index (χ3v) is 4.93. The molecule has 110 valence electrons. The van der Waals surface area contributed by atoms with Crippen LogP contribution in [-0.4, -0.2) is 11.7 Å². The Bertz CT molecular complexity index is 662. The summed E-state index contributed by atoms with van der Waals surface area (Å²) in [7, 11) is 0. The zero-order valence-electron chi connectivity index (χ0n) is 10.7. The van der Waals surface area contributed by atoms with Gasteiger partial charge in [0.2, 0.25) is 5.91 Å². The number of carbonyl (C=O) groups is 1. The number of anilines is 2. The monoisotopic (exact) mass is 404 g/mol. The van der Waals surface area contributed by atoms with E-state index in [4.69, 9.17) is 28.9 Å². The minimum absolute atomic E-state index is 0.177. The Morgan fingerprint density at radius 2 is 2.00 bits per heavy atom. The van der Waals surface area contributed by atoms with Crippen LogP contribution in [0.4, 0.5) is 11.4 Å². The number of thioether (sulfide) groups is 1. The van der Waals surface area contributed by atoms with Crippen molar-refractivity contribution in [3.05, 3.63) is 50.9 Å². The van der Waals surface area contributed by atoms with Gasteiger partial charge in [0, 0.05) is 15.1 Å². The fraction of sp³-hybridized carbons (Fsp3) is 0.0714. The van der Waals surface area contributed by atoms with Gasteiger partial charge >= 0.3 is 0 Å². The highest BCUT2D eigenvalue weighted by Gasteiger charge is 2.10. The standard InChI is InChI=1S/C14H11BrCl2N2OS/c15-8-4-5-12(10(17)6-8)19-13(20)7-21-14-9(16)2-1-3-11(14)18/h1-6H,7,18H2,(H,19,20). The van der Waals surface area contributed by atoms with Crippen LogP contribution in [0.1, 0.15) is 0 Å². The molecule has 0 aliphatic carbocycles. The van der Waals surface area contributed by atoms with E-state index in [0.717, 1.165) is 4.47 Å². The lowest BCUT2D eigenvalue weighted by atomic mass is 10.3. The molecule has 7 heteroatoms. The lowest BCUT2D eigenvalue weighted by molar-refractivity contribution is -0.113. The highest BCUT2D eigenvalue weighted by molar-refractivity contribution is 9.10. The number of hydrogen-bond acceptors (Lipinski definition) is 3. The van der Waals surface area contributed by atoms with Crippen molar-refractivity contribution < 1.29 is 4.79 Å². The van der Waals surface area contributed by atoms with Crippen LogP contribution in [0, 0.1) is 0 Å². The summed E-state index contributed by atoms with van der Waals surface area (Å²) in [6, 6.07) is 10.5. The number of halogens is 3. The highest BCUT2D eigenvalue weighted by Crippen LogP contribution is 2.32.